The summed E-state index contributed by atoms with van der Waals surface area (Å²) in [5, 5.41) is 1.09. The van der Waals surface area contributed by atoms with Crippen LogP contribution in [-0.4, -0.2) is 0 Å². The number of hydrogen-bond acceptors (Lipinski definition) is 1. The van der Waals surface area contributed by atoms with E-state index < -0.39 is 0 Å². The van der Waals surface area contributed by atoms with Gasteiger partial charge in [0.1, 0.15) is 0 Å². The maximum Gasteiger partial charge on any atom is 0.0934 e. The monoisotopic (exact) mass is 182 g/mol. The molecule has 0 aliphatic rings. The first kappa shape index (κ1) is 7.92. The first-order valence-corrected chi connectivity index (χ1v) is 4.63. The molecule has 0 nitrogen and oxygen atoms in total. The summed E-state index contributed by atoms with van der Waals surface area (Å²) in [6.07, 6.45) is 10.8. The molecule has 0 radical (unpaired) electrons. The minimum Gasteiger partial charge on any atom is -0.125 e. The fraction of sp³-hybridized carbons (Fsp3) is 0. The normalized spacial score (nSPS) is 9.38. The highest BCUT2D eigenvalue weighted by molar-refractivity contribution is 7.19. The van der Waals surface area contributed by atoms with E-state index in [0.717, 1.165) is 20.5 Å². The maximum atomic E-state index is 5.40. The van der Waals surface area contributed by atoms with Gasteiger partial charge in [-0.25, -0.2) is 0 Å². The second-order valence-electron chi connectivity index (χ2n) is 2.59. The van der Waals surface area contributed by atoms with Crippen LogP contribution in [0.15, 0.2) is 24.3 Å². The maximum absolute atomic E-state index is 5.40. The second-order valence-corrected chi connectivity index (χ2v) is 3.64. The van der Waals surface area contributed by atoms with Gasteiger partial charge in [-0.1, -0.05) is 30.0 Å². The molecular formula is C12H6S. The highest BCUT2D eigenvalue weighted by Crippen LogP contribution is 2.29. The molecule has 13 heavy (non-hydrogen) atoms. The molecule has 0 N–H and O–H groups in total. The summed E-state index contributed by atoms with van der Waals surface area (Å²) >= 11 is 1.57. The lowest BCUT2D eigenvalue weighted by Gasteiger charge is -1.87. The van der Waals surface area contributed by atoms with Crippen molar-refractivity contribution in [3.63, 3.8) is 0 Å². The molecule has 1 aromatic heterocycles. The van der Waals surface area contributed by atoms with E-state index in [0.29, 0.717) is 0 Å². The van der Waals surface area contributed by atoms with Gasteiger partial charge in [0.25, 0.3) is 0 Å². The molecule has 0 amide bonds. The van der Waals surface area contributed by atoms with E-state index in [-0.39, 0.29) is 0 Å². The lowest BCUT2D eigenvalue weighted by Crippen LogP contribution is -1.73. The predicted octanol–water partition coefficient (Wildman–Crippen LogP) is 2.86. The smallest absolute Gasteiger partial charge is 0.0934 e. The largest absolute Gasteiger partial charge is 0.125 e. The molecule has 0 bridgehead atoms. The molecule has 0 saturated carbocycles. The highest BCUT2D eigenvalue weighted by atomic mass is 32.1. The van der Waals surface area contributed by atoms with Crippen molar-refractivity contribution in [1.82, 2.24) is 0 Å². The van der Waals surface area contributed by atoms with Crippen molar-refractivity contribution in [3.8, 4) is 24.7 Å². The van der Waals surface area contributed by atoms with E-state index in [1.807, 2.05) is 24.3 Å². The molecule has 1 aromatic carbocycles. The van der Waals surface area contributed by atoms with Gasteiger partial charge in [-0.3, -0.25) is 0 Å². The van der Waals surface area contributed by atoms with E-state index in [2.05, 4.69) is 11.8 Å². The van der Waals surface area contributed by atoms with Gasteiger partial charge in [-0.05, 0) is 6.07 Å². The molecule has 1 heteroatoms. The lowest BCUT2D eigenvalue weighted by molar-refractivity contribution is 1.80. The molecule has 0 spiro atoms. The Bertz CT molecular complexity index is 532. The molecule has 2 rings (SSSR count). The zero-order chi connectivity index (χ0) is 9.26. The topological polar surface area (TPSA) is 0 Å². The summed E-state index contributed by atoms with van der Waals surface area (Å²) in [6.45, 7) is 0. The van der Waals surface area contributed by atoms with Crippen LogP contribution in [0, 0.1) is 24.7 Å². The molecular weight excluding hydrogens is 176 g/mol. The van der Waals surface area contributed by atoms with Crippen molar-refractivity contribution >= 4 is 21.4 Å². The number of fused-ring (bicyclic) bond motifs is 1. The Kier molecular flexibility index (Phi) is 1.81. The Labute approximate surface area is 81.2 Å². The SMILES string of the molecule is C#Cc1sc2ccccc2c1C#C. The summed E-state index contributed by atoms with van der Waals surface area (Å²) in [4.78, 5) is 0.851. The van der Waals surface area contributed by atoms with Crippen molar-refractivity contribution in [3.05, 3.63) is 34.7 Å². The molecule has 0 aliphatic heterocycles. The molecule has 0 unspecified atom stereocenters. The van der Waals surface area contributed by atoms with Crippen LogP contribution in [0.5, 0.6) is 0 Å². The van der Waals surface area contributed by atoms with Crippen molar-refractivity contribution in [2.75, 3.05) is 0 Å². The Morgan fingerprint density at radius 3 is 2.54 bits per heavy atom. The van der Waals surface area contributed by atoms with Crippen LogP contribution in [0.2, 0.25) is 0 Å². The van der Waals surface area contributed by atoms with Crippen LogP contribution in [0.4, 0.5) is 0 Å². The Morgan fingerprint density at radius 2 is 1.85 bits per heavy atom. The van der Waals surface area contributed by atoms with Gasteiger partial charge in [-0.15, -0.1) is 24.2 Å². The first-order valence-electron chi connectivity index (χ1n) is 3.81. The van der Waals surface area contributed by atoms with E-state index in [1.54, 1.807) is 11.3 Å². The molecule has 0 fully saturated rings. The van der Waals surface area contributed by atoms with Gasteiger partial charge in [0.2, 0.25) is 0 Å². The fourth-order valence-electron chi connectivity index (χ4n) is 1.29. The van der Waals surface area contributed by atoms with E-state index in [1.165, 1.54) is 0 Å². The zero-order valence-corrected chi connectivity index (χ0v) is 7.69. The lowest BCUT2D eigenvalue weighted by atomic mass is 10.1. The Morgan fingerprint density at radius 1 is 1.08 bits per heavy atom. The van der Waals surface area contributed by atoms with Gasteiger partial charge < -0.3 is 0 Å². The van der Waals surface area contributed by atoms with E-state index in [4.69, 9.17) is 12.8 Å². The van der Waals surface area contributed by atoms with Crippen LogP contribution in [0.1, 0.15) is 10.4 Å². The van der Waals surface area contributed by atoms with Gasteiger partial charge in [0.05, 0.1) is 10.4 Å². The standard InChI is InChI=1S/C12H6S/c1-3-9-10-7-5-6-8-12(10)13-11(9)4-2/h1-2,5-8H. The first-order chi connectivity index (χ1) is 6.36. The van der Waals surface area contributed by atoms with Crippen LogP contribution in [0.3, 0.4) is 0 Å². The minimum atomic E-state index is 0.850. The highest BCUT2D eigenvalue weighted by Gasteiger charge is 2.06. The molecule has 2 aromatic rings. The van der Waals surface area contributed by atoms with Crippen molar-refractivity contribution in [2.24, 2.45) is 0 Å². The van der Waals surface area contributed by atoms with Crippen molar-refractivity contribution < 1.29 is 0 Å². The number of rotatable bonds is 0. The Balaban J connectivity index is 2.93. The predicted molar refractivity (Wildman–Crippen MR) is 57.7 cm³/mol. The number of hydrogen-bond donors (Lipinski definition) is 0. The van der Waals surface area contributed by atoms with Gasteiger partial charge in [-0.2, -0.15) is 0 Å². The average molecular weight is 182 g/mol. The molecule has 0 saturated heterocycles. The van der Waals surface area contributed by atoms with Crippen LogP contribution < -0.4 is 0 Å². The molecule has 1 heterocycles. The zero-order valence-electron chi connectivity index (χ0n) is 6.87. The van der Waals surface area contributed by atoms with Crippen molar-refractivity contribution in [1.29, 1.82) is 0 Å². The van der Waals surface area contributed by atoms with E-state index in [9.17, 15) is 0 Å². The van der Waals surface area contributed by atoms with Crippen molar-refractivity contribution in [2.45, 2.75) is 0 Å². The average Bonchev–Trinajstić information content (AvgIpc) is 2.55. The summed E-state index contributed by atoms with van der Waals surface area (Å²) in [5.41, 5.74) is 0.850. The summed E-state index contributed by atoms with van der Waals surface area (Å²) in [7, 11) is 0. The summed E-state index contributed by atoms with van der Waals surface area (Å²) in [5.74, 6) is 5.25. The van der Waals surface area contributed by atoms with E-state index >= 15 is 0 Å². The number of terminal acetylenes is 2. The van der Waals surface area contributed by atoms with Gasteiger partial charge >= 0.3 is 0 Å². The third-order valence-electron chi connectivity index (χ3n) is 1.87. The number of benzene rings is 1. The summed E-state index contributed by atoms with van der Waals surface area (Å²) < 4.78 is 1.16. The fourth-order valence-corrected chi connectivity index (χ4v) is 2.27. The van der Waals surface area contributed by atoms with Gasteiger partial charge in [0, 0.05) is 10.1 Å². The third kappa shape index (κ3) is 1.11. The third-order valence-corrected chi connectivity index (χ3v) is 2.97. The second kappa shape index (κ2) is 2.98. The molecule has 0 atom stereocenters. The summed E-state index contributed by atoms with van der Waals surface area (Å²) in [6, 6.07) is 7.99. The molecule has 0 aliphatic carbocycles. The van der Waals surface area contributed by atoms with Crippen LogP contribution in [0.25, 0.3) is 10.1 Å². The molecule has 60 valence electrons. The Hall–Kier alpha value is -1.70. The van der Waals surface area contributed by atoms with Crippen LogP contribution >= 0.6 is 11.3 Å². The van der Waals surface area contributed by atoms with Gasteiger partial charge in [0.15, 0.2) is 0 Å². The van der Waals surface area contributed by atoms with Crippen LogP contribution in [-0.2, 0) is 0 Å². The quantitative estimate of drug-likeness (QED) is 0.549. The number of thiophene rings is 1. The minimum absolute atomic E-state index is 0.850.